The van der Waals surface area contributed by atoms with Crippen LogP contribution in [-0.2, 0) is 4.79 Å². The second-order valence-corrected chi connectivity index (χ2v) is 8.04. The number of nitrogens with one attached hydrogen (secondary N) is 2. The molecule has 2 aromatic rings. The number of fused-ring (bicyclic) bond motifs is 3. The molecular weight excluding hydrogens is 326 g/mol. The van der Waals surface area contributed by atoms with E-state index in [-0.39, 0.29) is 11.9 Å². The average Bonchev–Trinajstić information content (AvgIpc) is 3.19. The summed E-state index contributed by atoms with van der Waals surface area (Å²) in [6, 6.07) is 2.36. The van der Waals surface area contributed by atoms with Crippen molar-refractivity contribution in [3.8, 4) is 0 Å². The molecule has 5 rings (SSSR count). The molecule has 1 aliphatic carbocycles. The highest BCUT2D eigenvalue weighted by Gasteiger charge is 2.30. The third kappa shape index (κ3) is 2.77. The van der Waals surface area contributed by atoms with Crippen molar-refractivity contribution >= 4 is 28.3 Å². The highest BCUT2D eigenvalue weighted by atomic mass is 16.1. The maximum atomic E-state index is 12.1. The first-order chi connectivity index (χ1) is 12.7. The minimum atomic E-state index is 0.224. The number of anilines is 2. The monoisotopic (exact) mass is 351 g/mol. The Bertz CT molecular complexity index is 863. The van der Waals surface area contributed by atoms with Gasteiger partial charge in [0.15, 0.2) is 0 Å². The lowest BCUT2D eigenvalue weighted by molar-refractivity contribution is -0.122. The normalized spacial score (nSPS) is 24.6. The molecule has 6 nitrogen and oxygen atoms in total. The Kier molecular flexibility index (Phi) is 3.72. The van der Waals surface area contributed by atoms with E-state index < -0.39 is 0 Å². The third-order valence-electron chi connectivity index (χ3n) is 5.93. The van der Waals surface area contributed by atoms with Gasteiger partial charge in [-0.15, -0.1) is 0 Å². The Balaban J connectivity index is 1.41. The van der Waals surface area contributed by atoms with Gasteiger partial charge in [-0.1, -0.05) is 6.92 Å². The number of carbonyl (C=O) groups is 1. The van der Waals surface area contributed by atoms with E-state index in [0.717, 1.165) is 37.4 Å². The summed E-state index contributed by atoms with van der Waals surface area (Å²) in [5.74, 6) is 2.29. The van der Waals surface area contributed by atoms with E-state index >= 15 is 0 Å². The van der Waals surface area contributed by atoms with Crippen LogP contribution in [-0.4, -0.2) is 41.6 Å². The lowest BCUT2D eigenvalue weighted by Gasteiger charge is -2.22. The van der Waals surface area contributed by atoms with Gasteiger partial charge in [0.25, 0.3) is 0 Å². The van der Waals surface area contributed by atoms with Crippen molar-refractivity contribution in [2.24, 2.45) is 5.92 Å². The summed E-state index contributed by atoms with van der Waals surface area (Å²) in [6.45, 7) is 5.00. The zero-order chi connectivity index (χ0) is 17.7. The summed E-state index contributed by atoms with van der Waals surface area (Å²) in [6.07, 6.45) is 7.89. The summed E-state index contributed by atoms with van der Waals surface area (Å²) < 4.78 is 0. The van der Waals surface area contributed by atoms with E-state index in [9.17, 15) is 4.79 Å². The Labute approximate surface area is 153 Å². The van der Waals surface area contributed by atoms with Crippen molar-refractivity contribution in [2.45, 2.75) is 44.6 Å². The van der Waals surface area contributed by atoms with Gasteiger partial charge >= 0.3 is 0 Å². The molecule has 4 heterocycles. The van der Waals surface area contributed by atoms with Crippen LogP contribution in [0, 0.1) is 5.92 Å². The van der Waals surface area contributed by atoms with E-state index in [1.165, 1.54) is 29.5 Å². The molecule has 136 valence electrons. The summed E-state index contributed by atoms with van der Waals surface area (Å²) >= 11 is 0. The number of amides is 1. The van der Waals surface area contributed by atoms with Gasteiger partial charge in [0, 0.05) is 60.8 Å². The molecule has 2 atom stereocenters. The number of rotatable bonds is 4. The highest BCUT2D eigenvalue weighted by molar-refractivity contribution is 5.97. The van der Waals surface area contributed by atoms with Crippen LogP contribution in [0.1, 0.15) is 44.1 Å². The van der Waals surface area contributed by atoms with Gasteiger partial charge in [0.1, 0.15) is 5.82 Å². The van der Waals surface area contributed by atoms with Crippen molar-refractivity contribution in [3.63, 3.8) is 0 Å². The van der Waals surface area contributed by atoms with Gasteiger partial charge in [-0.05, 0) is 31.2 Å². The number of pyridine rings is 2. The summed E-state index contributed by atoms with van der Waals surface area (Å²) in [5, 5.41) is 7.86. The fraction of sp³-hybridized carbons (Fsp3) is 0.550. The van der Waals surface area contributed by atoms with Crippen molar-refractivity contribution in [2.75, 3.05) is 29.9 Å². The maximum absolute atomic E-state index is 12.1. The van der Waals surface area contributed by atoms with E-state index in [1.54, 1.807) is 0 Å². The van der Waals surface area contributed by atoms with Gasteiger partial charge in [-0.3, -0.25) is 9.78 Å². The molecular formula is C20H25N5O. The Morgan fingerprint density at radius 1 is 1.35 bits per heavy atom. The molecule has 0 radical (unpaired) electrons. The fourth-order valence-corrected chi connectivity index (χ4v) is 4.36. The lowest BCUT2D eigenvalue weighted by Crippen LogP contribution is -2.37. The van der Waals surface area contributed by atoms with Gasteiger partial charge in [0.05, 0.1) is 11.7 Å². The van der Waals surface area contributed by atoms with Crippen LogP contribution >= 0.6 is 0 Å². The zero-order valence-corrected chi connectivity index (χ0v) is 15.2. The number of carbonyl (C=O) groups excluding carboxylic acids is 1. The molecule has 1 saturated carbocycles. The average molecular weight is 351 g/mol. The van der Waals surface area contributed by atoms with E-state index in [0.29, 0.717) is 18.3 Å². The van der Waals surface area contributed by atoms with Gasteiger partial charge in [0.2, 0.25) is 5.91 Å². The molecule has 1 saturated heterocycles. The first-order valence-corrected chi connectivity index (χ1v) is 9.75. The van der Waals surface area contributed by atoms with Gasteiger partial charge in [-0.2, -0.15) is 0 Å². The van der Waals surface area contributed by atoms with Crippen LogP contribution in [0.5, 0.6) is 0 Å². The number of hydrogen-bond acceptors (Lipinski definition) is 5. The van der Waals surface area contributed by atoms with Gasteiger partial charge < -0.3 is 15.5 Å². The molecule has 6 heteroatoms. The smallest absolute Gasteiger partial charge is 0.220 e. The lowest BCUT2D eigenvalue weighted by atomic mass is 9.99. The van der Waals surface area contributed by atoms with Crippen LogP contribution in [0.15, 0.2) is 18.5 Å². The molecule has 0 spiro atoms. The maximum Gasteiger partial charge on any atom is 0.220 e. The van der Waals surface area contributed by atoms with Crippen molar-refractivity contribution < 1.29 is 4.79 Å². The highest BCUT2D eigenvalue weighted by Crippen LogP contribution is 2.40. The molecule has 0 aromatic carbocycles. The number of nitrogens with zero attached hydrogens (tertiary/aromatic N) is 3. The topological polar surface area (TPSA) is 70.2 Å². The largest absolute Gasteiger partial charge is 0.369 e. The quantitative estimate of drug-likeness (QED) is 0.886. The van der Waals surface area contributed by atoms with Crippen LogP contribution < -0.4 is 15.5 Å². The summed E-state index contributed by atoms with van der Waals surface area (Å²) in [4.78, 5) is 23.6. The first-order valence-electron chi connectivity index (χ1n) is 9.75. The van der Waals surface area contributed by atoms with E-state index in [1.807, 2.05) is 12.4 Å². The van der Waals surface area contributed by atoms with E-state index in [4.69, 9.17) is 0 Å². The second-order valence-electron chi connectivity index (χ2n) is 8.04. The molecule has 2 fully saturated rings. The van der Waals surface area contributed by atoms with Crippen LogP contribution in [0.25, 0.3) is 10.9 Å². The van der Waals surface area contributed by atoms with Gasteiger partial charge in [-0.25, -0.2) is 4.98 Å². The van der Waals surface area contributed by atoms with Crippen molar-refractivity contribution in [1.29, 1.82) is 0 Å². The third-order valence-corrected chi connectivity index (χ3v) is 5.93. The molecule has 3 aliphatic rings. The fourth-order valence-electron chi connectivity index (χ4n) is 4.36. The first kappa shape index (κ1) is 15.9. The van der Waals surface area contributed by atoms with Crippen LogP contribution in [0.3, 0.4) is 0 Å². The Morgan fingerprint density at radius 3 is 3.08 bits per heavy atom. The molecule has 2 N–H and O–H groups in total. The minimum absolute atomic E-state index is 0.224. The minimum Gasteiger partial charge on any atom is -0.369 e. The number of aromatic nitrogens is 2. The molecule has 2 aliphatic heterocycles. The molecule has 0 bridgehead atoms. The van der Waals surface area contributed by atoms with Crippen LogP contribution in [0.2, 0.25) is 0 Å². The number of hydrogen-bond donors (Lipinski definition) is 2. The molecule has 2 unspecified atom stereocenters. The second kappa shape index (κ2) is 6.11. The standard InChI is InChI=1S/C20H25N5O/c1-12-9-22-20-18(12)19-15(10-23-20)21-6-4-16(19)25-7-5-14(11-25)24-17(26)8-13-2-3-13/h4,6,10,12-14H,2-3,5,7-9,11H2,1H3,(H,22,23)(H,24,26). The predicted molar refractivity (Wildman–Crippen MR) is 103 cm³/mol. The summed E-state index contributed by atoms with van der Waals surface area (Å²) in [7, 11) is 0. The SMILES string of the molecule is CC1CNc2ncc3nccc(N4CCC(NC(=O)CC5CC5)C4)c3c21. The molecule has 26 heavy (non-hydrogen) atoms. The zero-order valence-electron chi connectivity index (χ0n) is 15.2. The van der Waals surface area contributed by atoms with Crippen LogP contribution in [0.4, 0.5) is 11.5 Å². The van der Waals surface area contributed by atoms with Crippen molar-refractivity contribution in [1.82, 2.24) is 15.3 Å². The Morgan fingerprint density at radius 2 is 2.23 bits per heavy atom. The molecule has 1 amide bonds. The Hall–Kier alpha value is -2.37. The predicted octanol–water partition coefficient (Wildman–Crippen LogP) is 2.65. The van der Waals surface area contributed by atoms with Crippen molar-refractivity contribution in [3.05, 3.63) is 24.0 Å². The van der Waals surface area contributed by atoms with E-state index in [2.05, 4.69) is 38.5 Å². The summed E-state index contributed by atoms with van der Waals surface area (Å²) in [5.41, 5.74) is 3.47. The molecule has 2 aromatic heterocycles.